The van der Waals surface area contributed by atoms with Gasteiger partial charge in [-0.1, -0.05) is 74.5 Å². The summed E-state index contributed by atoms with van der Waals surface area (Å²) in [6.07, 6.45) is 8.49. The van der Waals surface area contributed by atoms with Crippen LogP contribution < -0.4 is 0 Å². The van der Waals surface area contributed by atoms with Crippen molar-refractivity contribution in [2.75, 3.05) is 0 Å². The fourth-order valence-corrected chi connectivity index (χ4v) is 4.35. The Labute approximate surface area is 139 Å². The van der Waals surface area contributed by atoms with Crippen LogP contribution in [0.1, 0.15) is 67.2 Å². The molecule has 2 unspecified atom stereocenters. The number of benzene rings is 2. The van der Waals surface area contributed by atoms with Gasteiger partial charge in [-0.05, 0) is 52.7 Å². The zero-order valence-corrected chi connectivity index (χ0v) is 14.0. The average molecular weight is 300 g/mol. The maximum atomic E-state index is 2.52. The number of hydrogen-bond acceptors (Lipinski definition) is 0. The molecule has 0 saturated heterocycles. The van der Waals surface area contributed by atoms with Crippen LogP contribution in [0.5, 0.6) is 0 Å². The molecule has 0 amide bonds. The Kier molecular flexibility index (Phi) is 3.69. The van der Waals surface area contributed by atoms with Crippen LogP contribution in [0.15, 0.2) is 60.7 Å². The molecule has 4 rings (SSSR count). The zero-order chi connectivity index (χ0) is 15.8. The molecule has 2 aliphatic carbocycles. The Morgan fingerprint density at radius 2 is 1.09 bits per heavy atom. The van der Waals surface area contributed by atoms with Crippen LogP contribution in [-0.2, 0) is 0 Å². The summed E-state index contributed by atoms with van der Waals surface area (Å²) in [4.78, 5) is 0. The Bertz CT molecular complexity index is 724. The van der Waals surface area contributed by atoms with Gasteiger partial charge in [0.2, 0.25) is 0 Å². The molecule has 0 nitrogen and oxygen atoms in total. The molecule has 0 fully saturated rings. The predicted molar refractivity (Wildman–Crippen MR) is 99.5 cm³/mol. The van der Waals surface area contributed by atoms with E-state index < -0.39 is 0 Å². The average Bonchev–Trinajstić information content (AvgIpc) is 3.14. The second-order valence-electron chi connectivity index (χ2n) is 6.71. The largest absolute Gasteiger partial charge is 0.0731 e. The van der Waals surface area contributed by atoms with E-state index >= 15 is 0 Å². The van der Waals surface area contributed by atoms with E-state index in [9.17, 15) is 0 Å². The van der Waals surface area contributed by atoms with Crippen molar-refractivity contribution >= 4 is 11.1 Å². The number of rotatable bonds is 4. The van der Waals surface area contributed by atoms with E-state index in [1.54, 1.807) is 0 Å². The van der Waals surface area contributed by atoms with Crippen molar-refractivity contribution in [2.24, 2.45) is 0 Å². The van der Waals surface area contributed by atoms with Gasteiger partial charge in [0.15, 0.2) is 0 Å². The molecule has 0 saturated carbocycles. The molecule has 0 radical (unpaired) electrons. The first-order valence-electron chi connectivity index (χ1n) is 8.91. The van der Waals surface area contributed by atoms with Crippen molar-refractivity contribution in [1.82, 2.24) is 0 Å². The van der Waals surface area contributed by atoms with Crippen LogP contribution in [-0.4, -0.2) is 0 Å². The van der Waals surface area contributed by atoms with Crippen molar-refractivity contribution in [3.63, 3.8) is 0 Å². The third-order valence-corrected chi connectivity index (χ3v) is 5.49. The minimum atomic E-state index is 0.562. The molecular weight excluding hydrogens is 276 g/mol. The van der Waals surface area contributed by atoms with Crippen molar-refractivity contribution < 1.29 is 0 Å². The molecule has 0 aliphatic heterocycles. The van der Waals surface area contributed by atoms with Crippen LogP contribution >= 0.6 is 0 Å². The van der Waals surface area contributed by atoms with E-state index in [-0.39, 0.29) is 0 Å². The number of hydrogen-bond donors (Lipinski definition) is 0. The van der Waals surface area contributed by atoms with Gasteiger partial charge in [0.1, 0.15) is 0 Å². The number of fused-ring (bicyclic) bond motifs is 2. The summed E-state index contributed by atoms with van der Waals surface area (Å²) < 4.78 is 0. The van der Waals surface area contributed by atoms with E-state index in [0.717, 1.165) is 12.8 Å². The van der Waals surface area contributed by atoms with E-state index in [1.165, 1.54) is 39.8 Å². The molecule has 0 aromatic heterocycles. The predicted octanol–water partition coefficient (Wildman–Crippen LogP) is 6.56. The van der Waals surface area contributed by atoms with E-state index in [0.29, 0.717) is 11.8 Å². The summed E-state index contributed by atoms with van der Waals surface area (Å²) >= 11 is 0. The third kappa shape index (κ3) is 2.37. The summed E-state index contributed by atoms with van der Waals surface area (Å²) in [5.74, 6) is 1.12. The first kappa shape index (κ1) is 14.5. The Morgan fingerprint density at radius 1 is 0.652 bits per heavy atom. The quantitative estimate of drug-likeness (QED) is 0.600. The van der Waals surface area contributed by atoms with Gasteiger partial charge in [0.05, 0.1) is 0 Å². The maximum Gasteiger partial charge on any atom is 0.00388 e. The van der Waals surface area contributed by atoms with Crippen LogP contribution in [0.3, 0.4) is 0 Å². The Hall–Kier alpha value is -2.08. The van der Waals surface area contributed by atoms with Crippen molar-refractivity contribution in [3.8, 4) is 0 Å². The molecule has 2 aromatic rings. The Balaban J connectivity index is 1.68. The van der Waals surface area contributed by atoms with Gasteiger partial charge in [0, 0.05) is 11.8 Å². The standard InChI is InChI=1S/C23H24/c1-3-16-13-18(22-11-7-5-9-20(16)22)15-19-14-17(4-2)21-10-6-8-12-23(19)21/h5-14,18-19H,3-4,15H2,1-2H3. The Morgan fingerprint density at radius 3 is 1.52 bits per heavy atom. The summed E-state index contributed by atoms with van der Waals surface area (Å²) in [5, 5.41) is 0. The fourth-order valence-electron chi connectivity index (χ4n) is 4.35. The summed E-state index contributed by atoms with van der Waals surface area (Å²) in [6.45, 7) is 4.54. The lowest BCUT2D eigenvalue weighted by molar-refractivity contribution is 0.685. The highest BCUT2D eigenvalue weighted by Crippen LogP contribution is 2.46. The fraction of sp³-hybridized carbons (Fsp3) is 0.304. The number of allylic oxidation sites excluding steroid dienone is 4. The molecule has 2 aromatic carbocycles. The lowest BCUT2D eigenvalue weighted by Gasteiger charge is -2.16. The van der Waals surface area contributed by atoms with Gasteiger partial charge in [-0.25, -0.2) is 0 Å². The normalized spacial score (nSPS) is 21.7. The molecule has 2 aliphatic rings. The molecule has 23 heavy (non-hydrogen) atoms. The lowest BCUT2D eigenvalue weighted by atomic mass is 9.87. The van der Waals surface area contributed by atoms with Gasteiger partial charge < -0.3 is 0 Å². The van der Waals surface area contributed by atoms with Crippen LogP contribution in [0.25, 0.3) is 11.1 Å². The van der Waals surface area contributed by atoms with Crippen molar-refractivity contribution in [1.29, 1.82) is 0 Å². The monoisotopic (exact) mass is 300 g/mol. The van der Waals surface area contributed by atoms with Crippen LogP contribution in [0, 0.1) is 0 Å². The van der Waals surface area contributed by atoms with E-state index in [2.05, 4.69) is 74.5 Å². The molecule has 116 valence electrons. The molecule has 2 atom stereocenters. The molecule has 0 N–H and O–H groups in total. The van der Waals surface area contributed by atoms with Gasteiger partial charge in [0.25, 0.3) is 0 Å². The molecule has 0 spiro atoms. The SMILES string of the molecule is CCC1=CC(CC2C=C(CC)c3ccccc32)c2ccccc21. The maximum absolute atomic E-state index is 2.52. The van der Waals surface area contributed by atoms with Crippen molar-refractivity contribution in [3.05, 3.63) is 82.9 Å². The van der Waals surface area contributed by atoms with Gasteiger partial charge in [-0.3, -0.25) is 0 Å². The summed E-state index contributed by atoms with van der Waals surface area (Å²) in [7, 11) is 0. The third-order valence-electron chi connectivity index (χ3n) is 5.49. The van der Waals surface area contributed by atoms with Gasteiger partial charge in [-0.15, -0.1) is 0 Å². The van der Waals surface area contributed by atoms with Crippen LogP contribution in [0.2, 0.25) is 0 Å². The second-order valence-corrected chi connectivity index (χ2v) is 6.71. The van der Waals surface area contributed by atoms with Gasteiger partial charge >= 0.3 is 0 Å². The highest BCUT2D eigenvalue weighted by Gasteiger charge is 2.28. The lowest BCUT2D eigenvalue weighted by Crippen LogP contribution is -2.00. The first-order chi connectivity index (χ1) is 11.3. The first-order valence-corrected chi connectivity index (χ1v) is 8.91. The molecule has 0 bridgehead atoms. The van der Waals surface area contributed by atoms with E-state index in [1.807, 2.05) is 0 Å². The highest BCUT2D eigenvalue weighted by molar-refractivity contribution is 5.76. The molecule has 0 heterocycles. The minimum absolute atomic E-state index is 0.562. The summed E-state index contributed by atoms with van der Waals surface area (Å²) in [6, 6.07) is 18.0. The smallest absolute Gasteiger partial charge is 0.00388 e. The second kappa shape index (κ2) is 5.85. The van der Waals surface area contributed by atoms with Crippen LogP contribution in [0.4, 0.5) is 0 Å². The summed E-state index contributed by atoms with van der Waals surface area (Å²) in [5.41, 5.74) is 9.06. The van der Waals surface area contributed by atoms with E-state index in [4.69, 9.17) is 0 Å². The highest BCUT2D eigenvalue weighted by atomic mass is 14.3. The minimum Gasteiger partial charge on any atom is -0.0731 e. The topological polar surface area (TPSA) is 0 Å². The van der Waals surface area contributed by atoms with Crippen molar-refractivity contribution in [2.45, 2.75) is 44.9 Å². The zero-order valence-electron chi connectivity index (χ0n) is 14.0. The molecule has 0 heteroatoms. The van der Waals surface area contributed by atoms with Gasteiger partial charge in [-0.2, -0.15) is 0 Å². The molecular formula is C23H24.